The zero-order valence-corrected chi connectivity index (χ0v) is 9.36. The maximum atomic E-state index is 7.20. The van der Waals surface area contributed by atoms with E-state index < -0.39 is 0 Å². The van der Waals surface area contributed by atoms with E-state index in [4.69, 9.17) is 11.1 Å². The summed E-state index contributed by atoms with van der Waals surface area (Å²) in [6, 6.07) is 0.382. The molecular weight excluding hydrogens is 190 g/mol. The minimum atomic E-state index is -0.0540. The SMILES string of the molecule is CCN(c1cnc(C(=N)N)cn1)C(C)C. The van der Waals surface area contributed by atoms with Gasteiger partial charge in [0.05, 0.1) is 12.4 Å². The van der Waals surface area contributed by atoms with E-state index >= 15 is 0 Å². The van der Waals surface area contributed by atoms with E-state index in [1.807, 2.05) is 0 Å². The van der Waals surface area contributed by atoms with Crippen LogP contribution >= 0.6 is 0 Å². The summed E-state index contributed by atoms with van der Waals surface area (Å²) in [5.74, 6) is 0.763. The van der Waals surface area contributed by atoms with E-state index in [0.717, 1.165) is 12.4 Å². The van der Waals surface area contributed by atoms with Crippen LogP contribution in [-0.4, -0.2) is 28.4 Å². The van der Waals surface area contributed by atoms with Crippen LogP contribution in [-0.2, 0) is 0 Å². The molecule has 82 valence electrons. The van der Waals surface area contributed by atoms with Gasteiger partial charge in [-0.05, 0) is 20.8 Å². The number of nitrogens with one attached hydrogen (secondary N) is 1. The Labute approximate surface area is 89.8 Å². The summed E-state index contributed by atoms with van der Waals surface area (Å²) in [4.78, 5) is 10.4. The summed E-state index contributed by atoms with van der Waals surface area (Å²) in [6.45, 7) is 7.15. The fraction of sp³-hybridized carbons (Fsp3) is 0.500. The molecule has 0 aliphatic heterocycles. The van der Waals surface area contributed by atoms with Crippen molar-refractivity contribution in [3.8, 4) is 0 Å². The molecule has 0 saturated heterocycles. The van der Waals surface area contributed by atoms with E-state index in [2.05, 4.69) is 35.6 Å². The Balaban J connectivity index is 2.92. The summed E-state index contributed by atoms with van der Waals surface area (Å²) in [5.41, 5.74) is 5.71. The van der Waals surface area contributed by atoms with Gasteiger partial charge in [0.15, 0.2) is 0 Å². The second-order valence-electron chi connectivity index (χ2n) is 3.55. The lowest BCUT2D eigenvalue weighted by Gasteiger charge is -2.25. The number of hydrogen-bond donors (Lipinski definition) is 2. The van der Waals surface area contributed by atoms with Crippen molar-refractivity contribution in [2.45, 2.75) is 26.8 Å². The van der Waals surface area contributed by atoms with Crippen molar-refractivity contribution in [2.75, 3.05) is 11.4 Å². The number of anilines is 1. The van der Waals surface area contributed by atoms with Crippen molar-refractivity contribution >= 4 is 11.7 Å². The van der Waals surface area contributed by atoms with Crippen LogP contribution in [0.4, 0.5) is 5.82 Å². The Bertz CT molecular complexity index is 330. The minimum absolute atomic E-state index is 0.0540. The lowest BCUT2D eigenvalue weighted by atomic mass is 10.3. The zero-order chi connectivity index (χ0) is 11.4. The molecule has 1 aromatic heterocycles. The van der Waals surface area contributed by atoms with Crippen LogP contribution in [0.1, 0.15) is 26.5 Å². The van der Waals surface area contributed by atoms with E-state index in [9.17, 15) is 0 Å². The van der Waals surface area contributed by atoms with Gasteiger partial charge in [-0.25, -0.2) is 9.97 Å². The molecule has 1 heterocycles. The monoisotopic (exact) mass is 207 g/mol. The van der Waals surface area contributed by atoms with Gasteiger partial charge in [0.1, 0.15) is 17.3 Å². The van der Waals surface area contributed by atoms with Gasteiger partial charge < -0.3 is 10.6 Å². The van der Waals surface area contributed by atoms with Crippen LogP contribution in [0.2, 0.25) is 0 Å². The Morgan fingerprint density at radius 3 is 2.47 bits per heavy atom. The Hall–Kier alpha value is -1.65. The Morgan fingerprint density at radius 2 is 2.13 bits per heavy atom. The highest BCUT2D eigenvalue weighted by atomic mass is 15.2. The van der Waals surface area contributed by atoms with Crippen LogP contribution in [0.25, 0.3) is 0 Å². The molecule has 0 aliphatic carbocycles. The summed E-state index contributed by atoms with van der Waals surface area (Å²) in [6.07, 6.45) is 3.18. The molecule has 15 heavy (non-hydrogen) atoms. The minimum Gasteiger partial charge on any atom is -0.382 e. The molecular formula is C10H17N5. The number of nitrogens with zero attached hydrogens (tertiary/aromatic N) is 3. The van der Waals surface area contributed by atoms with Crippen LogP contribution in [0.3, 0.4) is 0 Å². The van der Waals surface area contributed by atoms with Gasteiger partial charge in [-0.2, -0.15) is 0 Å². The molecule has 0 fully saturated rings. The molecule has 3 N–H and O–H groups in total. The van der Waals surface area contributed by atoms with Crippen LogP contribution in [0, 0.1) is 5.41 Å². The van der Waals surface area contributed by atoms with Crippen molar-refractivity contribution in [1.82, 2.24) is 9.97 Å². The predicted molar refractivity (Wildman–Crippen MR) is 61.2 cm³/mol. The summed E-state index contributed by atoms with van der Waals surface area (Å²) >= 11 is 0. The first-order valence-electron chi connectivity index (χ1n) is 4.99. The van der Waals surface area contributed by atoms with Crippen molar-refractivity contribution in [1.29, 1.82) is 5.41 Å². The third kappa shape index (κ3) is 2.65. The van der Waals surface area contributed by atoms with Gasteiger partial charge in [-0.3, -0.25) is 5.41 Å². The topological polar surface area (TPSA) is 78.9 Å². The van der Waals surface area contributed by atoms with Crippen molar-refractivity contribution in [3.63, 3.8) is 0 Å². The van der Waals surface area contributed by atoms with Gasteiger partial charge in [0.25, 0.3) is 0 Å². The van der Waals surface area contributed by atoms with Gasteiger partial charge in [0, 0.05) is 12.6 Å². The quantitative estimate of drug-likeness (QED) is 0.570. The maximum Gasteiger partial charge on any atom is 0.147 e. The van der Waals surface area contributed by atoms with E-state index in [1.165, 1.54) is 6.20 Å². The fourth-order valence-corrected chi connectivity index (χ4v) is 1.40. The molecule has 0 radical (unpaired) electrons. The van der Waals surface area contributed by atoms with Crippen LogP contribution in [0.15, 0.2) is 12.4 Å². The molecule has 5 heteroatoms. The normalized spacial score (nSPS) is 10.4. The number of rotatable bonds is 4. The summed E-state index contributed by atoms with van der Waals surface area (Å²) < 4.78 is 0. The molecule has 5 nitrogen and oxygen atoms in total. The number of nitrogens with two attached hydrogens (primary N) is 1. The van der Waals surface area contributed by atoms with Gasteiger partial charge in [-0.1, -0.05) is 0 Å². The second-order valence-corrected chi connectivity index (χ2v) is 3.55. The van der Waals surface area contributed by atoms with Crippen molar-refractivity contribution < 1.29 is 0 Å². The highest BCUT2D eigenvalue weighted by Gasteiger charge is 2.10. The fourth-order valence-electron chi connectivity index (χ4n) is 1.40. The zero-order valence-electron chi connectivity index (χ0n) is 9.36. The second kappa shape index (κ2) is 4.72. The molecule has 0 aliphatic rings. The predicted octanol–water partition coefficient (Wildman–Crippen LogP) is 0.995. The van der Waals surface area contributed by atoms with E-state index in [0.29, 0.717) is 11.7 Å². The first kappa shape index (κ1) is 11.4. The summed E-state index contributed by atoms with van der Waals surface area (Å²) in [7, 11) is 0. The molecule has 0 spiro atoms. The van der Waals surface area contributed by atoms with Gasteiger partial charge in [0.2, 0.25) is 0 Å². The van der Waals surface area contributed by atoms with Crippen LogP contribution in [0.5, 0.6) is 0 Å². The average Bonchev–Trinajstić information content (AvgIpc) is 2.19. The van der Waals surface area contributed by atoms with E-state index in [-0.39, 0.29) is 5.84 Å². The molecule has 0 bridgehead atoms. The summed E-state index contributed by atoms with van der Waals surface area (Å²) in [5, 5.41) is 7.20. The Morgan fingerprint density at radius 1 is 1.47 bits per heavy atom. The number of amidine groups is 1. The highest BCUT2D eigenvalue weighted by Crippen LogP contribution is 2.11. The van der Waals surface area contributed by atoms with E-state index in [1.54, 1.807) is 6.20 Å². The first-order valence-corrected chi connectivity index (χ1v) is 4.99. The molecule has 0 atom stereocenters. The largest absolute Gasteiger partial charge is 0.382 e. The highest BCUT2D eigenvalue weighted by molar-refractivity contribution is 5.92. The molecule has 0 unspecified atom stereocenters. The molecule has 1 rings (SSSR count). The number of aromatic nitrogens is 2. The lowest BCUT2D eigenvalue weighted by molar-refractivity contribution is 0.691. The smallest absolute Gasteiger partial charge is 0.147 e. The first-order chi connectivity index (χ1) is 7.06. The van der Waals surface area contributed by atoms with Crippen molar-refractivity contribution in [2.24, 2.45) is 5.73 Å². The number of hydrogen-bond acceptors (Lipinski definition) is 4. The van der Waals surface area contributed by atoms with Crippen LogP contribution < -0.4 is 10.6 Å². The van der Waals surface area contributed by atoms with Gasteiger partial charge >= 0.3 is 0 Å². The molecule has 0 saturated carbocycles. The lowest BCUT2D eigenvalue weighted by Crippen LogP contribution is -2.31. The maximum absolute atomic E-state index is 7.20. The van der Waals surface area contributed by atoms with Crippen molar-refractivity contribution in [3.05, 3.63) is 18.1 Å². The molecule has 1 aromatic rings. The third-order valence-corrected chi connectivity index (χ3v) is 2.17. The third-order valence-electron chi connectivity index (χ3n) is 2.17. The average molecular weight is 207 g/mol. The molecule has 0 aromatic carbocycles. The number of nitrogen functional groups attached to an aromatic ring is 1. The molecule has 0 amide bonds. The Kier molecular flexibility index (Phi) is 3.60. The van der Waals surface area contributed by atoms with Gasteiger partial charge in [-0.15, -0.1) is 0 Å². The standard InChI is InChI=1S/C10H17N5/c1-4-15(7(2)3)9-6-13-8(5-14-9)10(11)12/h5-7H,4H2,1-3H3,(H3,11,12).